The lowest BCUT2D eigenvalue weighted by Crippen LogP contribution is -2.32. The lowest BCUT2D eigenvalue weighted by Gasteiger charge is -2.00. The molecule has 0 N–H and O–H groups in total. The predicted octanol–water partition coefficient (Wildman–Crippen LogP) is -5.40. The molecule has 0 aliphatic carbocycles. The minimum absolute atomic E-state index is 1.11. The zero-order valence-electron chi connectivity index (χ0n) is 12.1. The van der Waals surface area contributed by atoms with E-state index >= 15 is 0 Å². The van der Waals surface area contributed by atoms with Gasteiger partial charge in [0.2, 0.25) is 0 Å². The first kappa shape index (κ1) is 14.7. The van der Waals surface area contributed by atoms with Crippen LogP contribution in [0.15, 0.2) is 30.6 Å². The van der Waals surface area contributed by atoms with Gasteiger partial charge < -0.3 is 4.48 Å². The molecule has 0 fully saturated rings. The molecular formula is C7H16B10N2. The molecular weight excluding hydrogens is 220 g/mol. The zero-order valence-corrected chi connectivity index (χ0v) is 12.1. The average Bonchev–Trinajstić information content (AvgIpc) is 2.85. The Morgan fingerprint density at radius 1 is 0.895 bits per heavy atom. The molecule has 2 nitrogen and oxygen atoms in total. The van der Waals surface area contributed by atoms with Gasteiger partial charge in [-0.3, -0.25) is 0 Å². The van der Waals surface area contributed by atoms with Crippen LogP contribution in [0.25, 0.3) is 11.0 Å². The van der Waals surface area contributed by atoms with Crippen LogP contribution in [0.1, 0.15) is 0 Å². The summed E-state index contributed by atoms with van der Waals surface area (Å²) in [5.41, 5.74) is 2.38. The predicted molar refractivity (Wildman–Crippen MR) is 108 cm³/mol. The normalized spacial score (nSPS) is 9.26. The summed E-state index contributed by atoms with van der Waals surface area (Å²) in [6.45, 7) is 0. The molecule has 19 heavy (non-hydrogen) atoms. The summed E-state index contributed by atoms with van der Waals surface area (Å²) >= 11 is 0. The maximum Gasteiger partial charge on any atom is 0.194 e. The van der Waals surface area contributed by atoms with E-state index in [4.69, 9.17) is 0 Å². The van der Waals surface area contributed by atoms with Gasteiger partial charge in [0.05, 0.1) is 32.2 Å². The summed E-state index contributed by atoms with van der Waals surface area (Å²) in [5.74, 6) is 0. The van der Waals surface area contributed by atoms with Crippen molar-refractivity contribution in [2.75, 3.05) is 0 Å². The van der Waals surface area contributed by atoms with Crippen molar-refractivity contribution in [1.29, 1.82) is 0 Å². The van der Waals surface area contributed by atoms with Crippen molar-refractivity contribution in [1.82, 2.24) is 9.46 Å². The second-order valence-corrected chi connectivity index (χ2v) is 5.40. The molecule has 0 unspecified atom stereocenters. The first-order valence-electron chi connectivity index (χ1n) is 7.81. The molecule has 2 aromatic rings. The van der Waals surface area contributed by atoms with Gasteiger partial charge in [-0.25, -0.2) is 4.98 Å². The van der Waals surface area contributed by atoms with Crippen molar-refractivity contribution in [3.05, 3.63) is 30.6 Å². The molecule has 0 radical (unpaired) electrons. The van der Waals surface area contributed by atoms with E-state index in [2.05, 4.69) is 41.5 Å². The van der Waals surface area contributed by atoms with Crippen molar-refractivity contribution >= 4 is 82.6 Å². The quantitative estimate of drug-likeness (QED) is 0.314. The number of benzene rings is 1. The Kier molecular flexibility index (Phi) is 6.59. The number of para-hydroxylation sites is 2. The van der Waals surface area contributed by atoms with Crippen LogP contribution in [0.2, 0.25) is 0 Å². The highest BCUT2D eigenvalue weighted by molar-refractivity contribution is 7.68. The summed E-state index contributed by atoms with van der Waals surface area (Å²) in [7, 11) is 14.4. The van der Waals surface area contributed by atoms with Gasteiger partial charge in [0.25, 0.3) is 0 Å². The van der Waals surface area contributed by atoms with Crippen molar-refractivity contribution in [3.8, 4) is 0 Å². The van der Waals surface area contributed by atoms with Crippen molar-refractivity contribution in [3.63, 3.8) is 0 Å². The van der Waals surface area contributed by atoms with E-state index in [9.17, 15) is 0 Å². The van der Waals surface area contributed by atoms with E-state index in [1.807, 2.05) is 6.33 Å². The standard InChI is InChI=1S/C7H16B10N2/c8-9-10-11-12-13-14-15-16-17-19-5-18-6-3-1-2-4-7(6)19/h1-5,9-17H,8H2. The lowest BCUT2D eigenvalue weighted by molar-refractivity contribution is 1.24. The summed E-state index contributed by atoms with van der Waals surface area (Å²) in [5, 5.41) is 0. The summed E-state index contributed by atoms with van der Waals surface area (Å²) < 4.78 is 2.28. The van der Waals surface area contributed by atoms with Crippen LogP contribution in [0.3, 0.4) is 0 Å². The van der Waals surface area contributed by atoms with Gasteiger partial charge in [0.1, 0.15) is 0 Å². The van der Waals surface area contributed by atoms with E-state index in [-0.39, 0.29) is 0 Å². The smallest absolute Gasteiger partial charge is 0.194 e. The Bertz CT molecular complexity index is 489. The van der Waals surface area contributed by atoms with Crippen molar-refractivity contribution in [2.45, 2.75) is 0 Å². The number of nitrogens with zero attached hydrogens (tertiary/aromatic N) is 2. The Hall–Kier alpha value is -0.661. The molecule has 0 bridgehead atoms. The maximum absolute atomic E-state index is 4.43. The van der Waals surface area contributed by atoms with Crippen LogP contribution in [-0.4, -0.2) is 81.0 Å². The first-order valence-corrected chi connectivity index (χ1v) is 7.81. The van der Waals surface area contributed by atoms with Crippen LogP contribution < -0.4 is 0 Å². The SMILES string of the molecule is BBBBBBBBBBn1cnc2ccccc21. The van der Waals surface area contributed by atoms with Gasteiger partial charge in [-0.1, -0.05) is 12.1 Å². The Morgan fingerprint density at radius 3 is 2.37 bits per heavy atom. The van der Waals surface area contributed by atoms with E-state index in [0.717, 1.165) is 12.8 Å². The van der Waals surface area contributed by atoms with Crippen LogP contribution in [0.5, 0.6) is 0 Å². The number of hydrogen-bond donors (Lipinski definition) is 0. The highest BCUT2D eigenvalue weighted by Gasteiger charge is 2.04. The molecule has 0 atom stereocenters. The van der Waals surface area contributed by atoms with Gasteiger partial charge in [-0.15, -0.1) is 0 Å². The summed E-state index contributed by atoms with van der Waals surface area (Å²) in [4.78, 5) is 4.43. The Balaban J connectivity index is 1.63. The first-order chi connectivity index (χ1) is 9.42. The third-order valence-corrected chi connectivity index (χ3v) is 3.78. The van der Waals surface area contributed by atoms with Gasteiger partial charge in [0.15, 0.2) is 7.31 Å². The minimum atomic E-state index is 1.11. The van der Waals surface area contributed by atoms with Crippen molar-refractivity contribution in [2.24, 2.45) is 0 Å². The van der Waals surface area contributed by atoms with Gasteiger partial charge in [0, 0.05) is 49.4 Å². The largest absolute Gasteiger partial charge is 0.388 e. The van der Waals surface area contributed by atoms with E-state index in [1.165, 1.54) is 62.0 Å². The van der Waals surface area contributed by atoms with E-state index < -0.39 is 0 Å². The third kappa shape index (κ3) is 4.74. The molecule has 84 valence electrons. The zero-order chi connectivity index (χ0) is 13.3. The second-order valence-electron chi connectivity index (χ2n) is 5.40. The minimum Gasteiger partial charge on any atom is -0.388 e. The molecule has 0 aliphatic rings. The molecule has 12 heteroatoms. The monoisotopic (exact) mass is 238 g/mol. The maximum atomic E-state index is 4.43. The van der Waals surface area contributed by atoms with Crippen LogP contribution >= 0.6 is 0 Å². The number of fused-ring (bicyclic) bond motifs is 1. The summed E-state index contributed by atoms with van der Waals surface area (Å²) in [6, 6.07) is 8.39. The highest BCUT2D eigenvalue weighted by atomic mass is 15.0. The molecule has 1 aromatic heterocycles. The summed E-state index contributed by atoms with van der Waals surface area (Å²) in [6.07, 6.45) is 1.98. The fourth-order valence-electron chi connectivity index (χ4n) is 2.60. The average molecular weight is 236 g/mol. The molecule has 1 aromatic carbocycles. The second kappa shape index (κ2) is 8.50. The molecule has 0 spiro atoms. The van der Waals surface area contributed by atoms with E-state index in [1.54, 1.807) is 0 Å². The van der Waals surface area contributed by atoms with E-state index in [0.29, 0.717) is 0 Å². The van der Waals surface area contributed by atoms with Gasteiger partial charge in [-0.2, -0.15) is 0 Å². The molecule has 1 heterocycles. The third-order valence-electron chi connectivity index (χ3n) is 3.78. The molecule has 0 amide bonds. The Morgan fingerprint density at radius 2 is 1.58 bits per heavy atom. The molecule has 0 aliphatic heterocycles. The molecule has 0 saturated carbocycles. The van der Waals surface area contributed by atoms with Crippen molar-refractivity contribution < 1.29 is 0 Å². The number of imidazole rings is 1. The van der Waals surface area contributed by atoms with Crippen LogP contribution in [0.4, 0.5) is 0 Å². The van der Waals surface area contributed by atoms with Crippen LogP contribution in [0, 0.1) is 0 Å². The highest BCUT2D eigenvalue weighted by Crippen LogP contribution is 2.09. The van der Waals surface area contributed by atoms with Crippen LogP contribution in [-0.2, 0) is 0 Å². The molecule has 0 saturated heterocycles. The Labute approximate surface area is 123 Å². The number of hydrogen-bond acceptors (Lipinski definition) is 1. The number of aromatic nitrogens is 2. The van der Waals surface area contributed by atoms with Gasteiger partial charge >= 0.3 is 0 Å². The topological polar surface area (TPSA) is 17.8 Å². The lowest BCUT2D eigenvalue weighted by atomic mass is 8.89. The fraction of sp³-hybridized carbons (Fsp3) is 0. The molecule has 2 rings (SSSR count). The van der Waals surface area contributed by atoms with Gasteiger partial charge in [-0.05, 0) is 12.1 Å². The number of rotatable bonds is 9. The fourth-order valence-corrected chi connectivity index (χ4v) is 2.60.